The van der Waals surface area contributed by atoms with Crippen molar-refractivity contribution in [1.82, 2.24) is 5.32 Å². The molecule has 1 aliphatic carbocycles. The highest BCUT2D eigenvalue weighted by Crippen LogP contribution is 2.36. The highest BCUT2D eigenvalue weighted by molar-refractivity contribution is 9.10. The fourth-order valence-corrected chi connectivity index (χ4v) is 4.19. The molecule has 1 aromatic rings. The zero-order valence-electron chi connectivity index (χ0n) is 12.9. The zero-order chi connectivity index (χ0) is 15.3. The number of halogens is 2. The first-order chi connectivity index (χ1) is 10.1. The van der Waals surface area contributed by atoms with Crippen LogP contribution >= 0.6 is 27.5 Å². The highest BCUT2D eigenvalue weighted by atomic mass is 79.9. The van der Waals surface area contributed by atoms with E-state index in [2.05, 4.69) is 40.3 Å². The molecule has 1 N–H and O–H groups in total. The first-order valence-electron chi connectivity index (χ1n) is 7.84. The summed E-state index contributed by atoms with van der Waals surface area (Å²) in [5.74, 6) is 0. The Morgan fingerprint density at radius 3 is 2.62 bits per heavy atom. The molecule has 0 amide bonds. The molecule has 0 saturated heterocycles. The Bertz CT molecular complexity index is 460. The third-order valence-corrected chi connectivity index (χ3v) is 5.48. The minimum atomic E-state index is -0.0509. The molecule has 0 heterocycles. The van der Waals surface area contributed by atoms with Gasteiger partial charge in [0.25, 0.3) is 0 Å². The summed E-state index contributed by atoms with van der Waals surface area (Å²) < 4.78 is 7.04. The first-order valence-corrected chi connectivity index (χ1v) is 9.01. The monoisotopic (exact) mass is 373 g/mol. The minimum absolute atomic E-state index is 0.0509. The first kappa shape index (κ1) is 17.3. The van der Waals surface area contributed by atoms with Gasteiger partial charge in [0.2, 0.25) is 0 Å². The minimum Gasteiger partial charge on any atom is -0.377 e. The molecule has 118 valence electrons. The van der Waals surface area contributed by atoms with Crippen LogP contribution in [-0.4, -0.2) is 25.3 Å². The molecule has 21 heavy (non-hydrogen) atoms. The van der Waals surface area contributed by atoms with Crippen molar-refractivity contribution in [2.75, 3.05) is 13.7 Å². The number of benzene rings is 1. The Kier molecular flexibility index (Phi) is 6.54. The van der Waals surface area contributed by atoms with E-state index >= 15 is 0 Å². The Morgan fingerprint density at radius 2 is 2.05 bits per heavy atom. The van der Waals surface area contributed by atoms with E-state index in [0.29, 0.717) is 6.04 Å². The van der Waals surface area contributed by atoms with Crippen LogP contribution < -0.4 is 5.32 Å². The lowest BCUT2D eigenvalue weighted by Crippen LogP contribution is -2.54. The van der Waals surface area contributed by atoms with Gasteiger partial charge in [-0.3, -0.25) is 0 Å². The molecule has 0 spiro atoms. The van der Waals surface area contributed by atoms with Crippen LogP contribution in [0.15, 0.2) is 22.7 Å². The molecule has 1 saturated carbocycles. The number of hydrogen-bond acceptors (Lipinski definition) is 2. The van der Waals surface area contributed by atoms with Gasteiger partial charge in [-0.1, -0.05) is 59.8 Å². The van der Waals surface area contributed by atoms with E-state index in [4.69, 9.17) is 16.3 Å². The van der Waals surface area contributed by atoms with Crippen LogP contribution in [0.3, 0.4) is 0 Å². The average molecular weight is 375 g/mol. The zero-order valence-corrected chi connectivity index (χ0v) is 15.3. The van der Waals surface area contributed by atoms with Gasteiger partial charge in [0.05, 0.1) is 5.60 Å². The third kappa shape index (κ3) is 4.22. The van der Waals surface area contributed by atoms with Crippen molar-refractivity contribution < 1.29 is 4.74 Å². The van der Waals surface area contributed by atoms with E-state index in [0.717, 1.165) is 35.3 Å². The summed E-state index contributed by atoms with van der Waals surface area (Å²) in [6.45, 7) is 3.10. The maximum Gasteiger partial charge on any atom is 0.0834 e. The number of methoxy groups -OCH3 is 1. The number of hydrogen-bond donors (Lipinski definition) is 1. The molecule has 2 nitrogen and oxygen atoms in total. The predicted molar refractivity (Wildman–Crippen MR) is 93.1 cm³/mol. The molecular formula is C17H25BrClNO. The lowest BCUT2D eigenvalue weighted by atomic mass is 9.77. The molecule has 0 radical (unpaired) electrons. The summed E-state index contributed by atoms with van der Waals surface area (Å²) in [5, 5.41) is 4.47. The molecule has 1 unspecified atom stereocenters. The summed E-state index contributed by atoms with van der Waals surface area (Å²) in [6.07, 6.45) is 7.01. The highest BCUT2D eigenvalue weighted by Gasteiger charge is 2.39. The van der Waals surface area contributed by atoms with Crippen LogP contribution in [0.25, 0.3) is 0 Å². The van der Waals surface area contributed by atoms with E-state index in [1.54, 1.807) is 0 Å². The van der Waals surface area contributed by atoms with Crippen LogP contribution in [0.4, 0.5) is 0 Å². The van der Waals surface area contributed by atoms with Crippen molar-refractivity contribution in [3.05, 3.63) is 33.3 Å². The number of rotatable bonds is 6. The van der Waals surface area contributed by atoms with Crippen LogP contribution in [0.1, 0.15) is 44.6 Å². The normalized spacial score (nSPS) is 19.4. The molecule has 2 rings (SSSR count). The molecule has 4 heteroatoms. The van der Waals surface area contributed by atoms with E-state index in [1.807, 2.05) is 13.2 Å². The quantitative estimate of drug-likeness (QED) is 0.759. The molecule has 0 aromatic heterocycles. The summed E-state index contributed by atoms with van der Waals surface area (Å²) >= 11 is 9.87. The third-order valence-electron chi connectivity index (χ3n) is 4.63. The number of ether oxygens (including phenoxy) is 1. The fourth-order valence-electron chi connectivity index (χ4n) is 3.44. The SMILES string of the molecule is CCNC(Cc1ccc(Br)cc1Cl)C1(OC)CCCCC1. The van der Waals surface area contributed by atoms with Crippen LogP contribution in [0.5, 0.6) is 0 Å². The lowest BCUT2D eigenvalue weighted by molar-refractivity contribution is -0.0669. The van der Waals surface area contributed by atoms with Gasteiger partial charge in [0, 0.05) is 22.6 Å². The molecule has 1 aliphatic rings. The standard InChI is InChI=1S/C17H25BrClNO/c1-3-20-16(17(21-2)9-5-4-6-10-17)11-13-7-8-14(18)12-15(13)19/h7-8,12,16,20H,3-6,9-11H2,1-2H3. The maximum absolute atomic E-state index is 6.40. The summed E-state index contributed by atoms with van der Waals surface area (Å²) in [4.78, 5) is 0. The summed E-state index contributed by atoms with van der Waals surface area (Å²) in [7, 11) is 1.86. The van der Waals surface area contributed by atoms with Gasteiger partial charge < -0.3 is 10.1 Å². The van der Waals surface area contributed by atoms with Gasteiger partial charge in [0.1, 0.15) is 0 Å². The van der Waals surface area contributed by atoms with Crippen molar-refractivity contribution in [2.45, 2.75) is 57.1 Å². The summed E-state index contributed by atoms with van der Waals surface area (Å²) in [6, 6.07) is 6.46. The van der Waals surface area contributed by atoms with Gasteiger partial charge in [-0.15, -0.1) is 0 Å². The van der Waals surface area contributed by atoms with Crippen LogP contribution in [-0.2, 0) is 11.2 Å². The topological polar surface area (TPSA) is 21.3 Å². The fraction of sp³-hybridized carbons (Fsp3) is 0.647. The van der Waals surface area contributed by atoms with Crippen molar-refractivity contribution in [3.8, 4) is 0 Å². The number of likely N-dealkylation sites (N-methyl/N-ethyl adjacent to an activating group) is 1. The molecule has 0 aliphatic heterocycles. The van der Waals surface area contributed by atoms with Gasteiger partial charge in [-0.2, -0.15) is 0 Å². The Labute approximate surface area is 141 Å². The molecule has 1 fully saturated rings. The molecular weight excluding hydrogens is 350 g/mol. The van der Waals surface area contributed by atoms with Crippen molar-refractivity contribution >= 4 is 27.5 Å². The van der Waals surface area contributed by atoms with Gasteiger partial charge in [-0.05, 0) is 43.5 Å². The second-order valence-electron chi connectivity index (χ2n) is 5.88. The Balaban J connectivity index is 2.21. The lowest BCUT2D eigenvalue weighted by Gasteiger charge is -2.43. The van der Waals surface area contributed by atoms with Gasteiger partial charge in [0.15, 0.2) is 0 Å². The van der Waals surface area contributed by atoms with Crippen molar-refractivity contribution in [1.29, 1.82) is 0 Å². The summed E-state index contributed by atoms with van der Waals surface area (Å²) in [5.41, 5.74) is 1.14. The maximum atomic E-state index is 6.40. The second kappa shape index (κ2) is 7.96. The Hall–Kier alpha value is -0.0900. The average Bonchev–Trinajstić information content (AvgIpc) is 2.50. The second-order valence-corrected chi connectivity index (χ2v) is 7.20. The van der Waals surface area contributed by atoms with E-state index < -0.39 is 0 Å². The molecule has 0 bridgehead atoms. The largest absolute Gasteiger partial charge is 0.377 e. The van der Waals surface area contributed by atoms with Crippen LogP contribution in [0.2, 0.25) is 5.02 Å². The predicted octanol–water partition coefficient (Wildman–Crippen LogP) is 4.97. The van der Waals surface area contributed by atoms with Crippen LogP contribution in [0, 0.1) is 0 Å². The van der Waals surface area contributed by atoms with E-state index in [-0.39, 0.29) is 5.60 Å². The van der Waals surface area contributed by atoms with Crippen molar-refractivity contribution in [3.63, 3.8) is 0 Å². The van der Waals surface area contributed by atoms with Crippen molar-refractivity contribution in [2.24, 2.45) is 0 Å². The molecule has 1 atom stereocenters. The Morgan fingerprint density at radius 1 is 1.33 bits per heavy atom. The van der Waals surface area contributed by atoms with E-state index in [9.17, 15) is 0 Å². The van der Waals surface area contributed by atoms with Gasteiger partial charge >= 0.3 is 0 Å². The molecule has 1 aromatic carbocycles. The van der Waals surface area contributed by atoms with E-state index in [1.165, 1.54) is 24.8 Å². The number of nitrogens with one attached hydrogen (secondary N) is 1. The van der Waals surface area contributed by atoms with Gasteiger partial charge in [-0.25, -0.2) is 0 Å². The smallest absolute Gasteiger partial charge is 0.0834 e.